The summed E-state index contributed by atoms with van der Waals surface area (Å²) in [5.74, 6) is 0.961. The fourth-order valence-electron chi connectivity index (χ4n) is 2.84. The van der Waals surface area contributed by atoms with E-state index in [1.165, 1.54) is 22.9 Å². The number of hydrogen-bond acceptors (Lipinski definition) is 5. The first-order valence-corrected chi connectivity index (χ1v) is 8.29. The number of pyridine rings is 1. The predicted octanol–water partition coefficient (Wildman–Crippen LogP) is 2.49. The second-order valence-electron chi connectivity index (χ2n) is 6.25. The van der Waals surface area contributed by atoms with E-state index in [1.54, 1.807) is 13.1 Å². The Hall–Kier alpha value is -2.58. The van der Waals surface area contributed by atoms with Gasteiger partial charge < -0.3 is 9.64 Å². The van der Waals surface area contributed by atoms with Gasteiger partial charge in [0.05, 0.1) is 6.61 Å². The van der Waals surface area contributed by atoms with Crippen LogP contribution in [-0.4, -0.2) is 34.5 Å². The molecule has 2 aromatic rings. The van der Waals surface area contributed by atoms with Gasteiger partial charge in [0.15, 0.2) is 0 Å². The molecule has 1 aliphatic rings. The number of aryl methyl sites for hydroxylation is 1. The Morgan fingerprint density at radius 3 is 2.58 bits per heavy atom. The molecule has 6 nitrogen and oxygen atoms in total. The van der Waals surface area contributed by atoms with E-state index in [0.29, 0.717) is 6.61 Å². The molecule has 0 saturated carbocycles. The summed E-state index contributed by atoms with van der Waals surface area (Å²) >= 11 is 0. The van der Waals surface area contributed by atoms with Gasteiger partial charge >= 0.3 is 6.18 Å². The van der Waals surface area contributed by atoms with E-state index in [1.807, 2.05) is 0 Å². The molecule has 1 aliphatic heterocycles. The first-order chi connectivity index (χ1) is 12.3. The monoisotopic (exact) mass is 368 g/mol. The maximum Gasteiger partial charge on any atom is 0.433 e. The van der Waals surface area contributed by atoms with Crippen molar-refractivity contribution in [3.63, 3.8) is 0 Å². The fraction of sp³-hybridized carbons (Fsp3) is 0.471. The van der Waals surface area contributed by atoms with Crippen molar-refractivity contribution >= 4 is 5.82 Å². The van der Waals surface area contributed by atoms with Gasteiger partial charge in [0.25, 0.3) is 5.56 Å². The van der Waals surface area contributed by atoms with Crippen LogP contribution in [0.3, 0.4) is 0 Å². The van der Waals surface area contributed by atoms with Crippen LogP contribution < -0.4 is 15.2 Å². The number of hydrogen-bond donors (Lipinski definition) is 0. The molecule has 0 N–H and O–H groups in total. The molecule has 9 heteroatoms. The Bertz CT molecular complexity index is 814. The van der Waals surface area contributed by atoms with Crippen molar-refractivity contribution in [1.29, 1.82) is 0 Å². The number of piperidine rings is 1. The molecule has 0 amide bonds. The van der Waals surface area contributed by atoms with Gasteiger partial charge in [-0.1, -0.05) is 6.07 Å². The summed E-state index contributed by atoms with van der Waals surface area (Å²) in [6.07, 6.45) is -2.83. The average molecular weight is 368 g/mol. The third-order valence-corrected chi connectivity index (χ3v) is 4.37. The van der Waals surface area contributed by atoms with Crippen molar-refractivity contribution in [2.45, 2.75) is 19.0 Å². The Balaban J connectivity index is 1.53. The number of rotatable bonds is 4. The first-order valence-electron chi connectivity index (χ1n) is 8.29. The second-order valence-corrected chi connectivity index (χ2v) is 6.25. The molecule has 0 aromatic carbocycles. The minimum Gasteiger partial charge on any atom is -0.477 e. The minimum atomic E-state index is -4.48. The maximum absolute atomic E-state index is 12.7. The molecule has 3 rings (SSSR count). The highest BCUT2D eigenvalue weighted by Crippen LogP contribution is 2.29. The van der Waals surface area contributed by atoms with Gasteiger partial charge in [-0.15, -0.1) is 0 Å². The van der Waals surface area contributed by atoms with Gasteiger partial charge in [0, 0.05) is 32.3 Å². The molecule has 0 unspecified atom stereocenters. The van der Waals surface area contributed by atoms with Crippen LogP contribution in [0.15, 0.2) is 35.1 Å². The van der Waals surface area contributed by atoms with Gasteiger partial charge in [-0.2, -0.15) is 18.3 Å². The van der Waals surface area contributed by atoms with Crippen molar-refractivity contribution < 1.29 is 17.9 Å². The van der Waals surface area contributed by atoms with E-state index in [4.69, 9.17) is 4.74 Å². The van der Waals surface area contributed by atoms with E-state index in [-0.39, 0.29) is 17.4 Å². The molecule has 0 radical (unpaired) electrons. The Kier molecular flexibility index (Phi) is 5.15. The zero-order chi connectivity index (χ0) is 18.7. The molecule has 2 aromatic heterocycles. The number of ether oxygens (including phenoxy) is 1. The van der Waals surface area contributed by atoms with Crippen LogP contribution in [0.5, 0.6) is 5.88 Å². The molecule has 3 heterocycles. The van der Waals surface area contributed by atoms with Crippen molar-refractivity contribution in [2.24, 2.45) is 13.0 Å². The van der Waals surface area contributed by atoms with Crippen LogP contribution in [0.2, 0.25) is 0 Å². The lowest BCUT2D eigenvalue weighted by Crippen LogP contribution is -2.37. The van der Waals surface area contributed by atoms with E-state index in [0.717, 1.165) is 37.8 Å². The molecule has 1 fully saturated rings. The summed E-state index contributed by atoms with van der Waals surface area (Å²) in [5, 5.41) is 4.23. The molecule has 1 saturated heterocycles. The third kappa shape index (κ3) is 4.33. The van der Waals surface area contributed by atoms with Crippen molar-refractivity contribution in [2.75, 3.05) is 24.6 Å². The summed E-state index contributed by atoms with van der Waals surface area (Å²) in [7, 11) is 1.61. The molecule has 140 valence electrons. The summed E-state index contributed by atoms with van der Waals surface area (Å²) in [4.78, 5) is 17.0. The number of alkyl halides is 3. The lowest BCUT2D eigenvalue weighted by atomic mass is 9.98. The molecule has 26 heavy (non-hydrogen) atoms. The molecule has 0 spiro atoms. The normalized spacial score (nSPS) is 15.9. The summed E-state index contributed by atoms with van der Waals surface area (Å²) in [6, 6.07) is 6.83. The fourth-order valence-corrected chi connectivity index (χ4v) is 2.84. The number of aromatic nitrogens is 3. The van der Waals surface area contributed by atoms with Crippen LogP contribution >= 0.6 is 0 Å². The highest BCUT2D eigenvalue weighted by atomic mass is 19.4. The van der Waals surface area contributed by atoms with Gasteiger partial charge in [-0.05, 0) is 30.9 Å². The van der Waals surface area contributed by atoms with Gasteiger partial charge in [-0.25, -0.2) is 9.67 Å². The molecule has 0 bridgehead atoms. The standard InChI is InChI=1S/C17H19F3N4O2/c1-23-16(25)6-5-14(22-23)24-9-7-12(8-10-24)11-26-15-4-2-3-13(21-15)17(18,19)20/h2-6,12H,7-11H2,1H3. The zero-order valence-electron chi connectivity index (χ0n) is 14.2. The first kappa shape index (κ1) is 18.2. The molecular formula is C17H19F3N4O2. The summed E-state index contributed by atoms with van der Waals surface area (Å²) in [5.41, 5.74) is -1.11. The smallest absolute Gasteiger partial charge is 0.433 e. The zero-order valence-corrected chi connectivity index (χ0v) is 14.2. The van der Waals surface area contributed by atoms with Crippen molar-refractivity contribution in [1.82, 2.24) is 14.8 Å². The SMILES string of the molecule is Cn1nc(N2CCC(COc3cccc(C(F)(F)F)n3)CC2)ccc1=O. The van der Waals surface area contributed by atoms with E-state index < -0.39 is 11.9 Å². The molecule has 0 atom stereocenters. The minimum absolute atomic E-state index is 0.0121. The Labute approximate surface area is 148 Å². The van der Waals surface area contributed by atoms with Gasteiger partial charge in [0.1, 0.15) is 11.5 Å². The van der Waals surface area contributed by atoms with Gasteiger partial charge in [-0.3, -0.25) is 4.79 Å². The highest BCUT2D eigenvalue weighted by molar-refractivity contribution is 5.36. The predicted molar refractivity (Wildman–Crippen MR) is 89.1 cm³/mol. The number of halogens is 3. The molecule has 0 aliphatic carbocycles. The van der Waals surface area contributed by atoms with Crippen LogP contribution in [0.1, 0.15) is 18.5 Å². The number of anilines is 1. The Morgan fingerprint density at radius 1 is 1.19 bits per heavy atom. The van der Waals surface area contributed by atoms with Crippen LogP contribution in [-0.2, 0) is 13.2 Å². The largest absolute Gasteiger partial charge is 0.477 e. The van der Waals surface area contributed by atoms with Gasteiger partial charge in [0.2, 0.25) is 5.88 Å². The van der Waals surface area contributed by atoms with Crippen LogP contribution in [0.25, 0.3) is 0 Å². The molecular weight excluding hydrogens is 349 g/mol. The van der Waals surface area contributed by atoms with E-state index in [2.05, 4.69) is 15.0 Å². The van der Waals surface area contributed by atoms with Crippen molar-refractivity contribution in [3.05, 3.63) is 46.4 Å². The highest BCUT2D eigenvalue weighted by Gasteiger charge is 2.32. The Morgan fingerprint density at radius 2 is 1.92 bits per heavy atom. The van der Waals surface area contributed by atoms with Crippen LogP contribution in [0, 0.1) is 5.92 Å². The van der Waals surface area contributed by atoms with Crippen LogP contribution in [0.4, 0.5) is 19.0 Å². The topological polar surface area (TPSA) is 60.3 Å². The lowest BCUT2D eigenvalue weighted by Gasteiger charge is -2.32. The van der Waals surface area contributed by atoms with E-state index in [9.17, 15) is 18.0 Å². The lowest BCUT2D eigenvalue weighted by molar-refractivity contribution is -0.141. The summed E-state index contributed by atoms with van der Waals surface area (Å²) in [6.45, 7) is 1.81. The van der Waals surface area contributed by atoms with Crippen molar-refractivity contribution in [3.8, 4) is 5.88 Å². The second kappa shape index (κ2) is 7.35. The summed E-state index contributed by atoms with van der Waals surface area (Å²) < 4.78 is 44.8. The maximum atomic E-state index is 12.7. The quantitative estimate of drug-likeness (QED) is 0.830. The third-order valence-electron chi connectivity index (χ3n) is 4.37. The average Bonchev–Trinajstić information content (AvgIpc) is 2.62. The van der Waals surface area contributed by atoms with E-state index >= 15 is 0 Å². The number of nitrogens with zero attached hydrogens (tertiary/aromatic N) is 4.